The number of amides is 1. The van der Waals surface area contributed by atoms with Gasteiger partial charge in [0.15, 0.2) is 5.11 Å². The Hall–Kier alpha value is -3.30. The number of nitrogens with one attached hydrogen (secondary N) is 1. The van der Waals surface area contributed by atoms with Crippen LogP contribution in [0.25, 0.3) is 0 Å². The molecule has 9 heteroatoms. The number of rotatable bonds is 4. The number of allylic oxidation sites excluding steroid dienone is 1. The highest BCUT2D eigenvalue weighted by Gasteiger charge is 2.38. The monoisotopic (exact) mass is 483 g/mol. The molecule has 4 rings (SSSR count). The van der Waals surface area contributed by atoms with Gasteiger partial charge in [-0.15, -0.1) is 0 Å². The predicted molar refractivity (Wildman–Crippen MR) is 130 cm³/mol. The van der Waals surface area contributed by atoms with Crippen LogP contribution in [0.2, 0.25) is 0 Å². The third kappa shape index (κ3) is 4.41. The fourth-order valence-electron chi connectivity index (χ4n) is 4.27. The van der Waals surface area contributed by atoms with Crippen molar-refractivity contribution in [2.45, 2.75) is 19.9 Å². The number of hydrogen-bond acceptors (Lipinski definition) is 5. The SMILES string of the molecule is COC(=O)c1ccccc1C1NC(=S)N(c2ccc(C)c(F)c2)C(C)=C1C(=O)N1CCOCC1. The summed E-state index contributed by atoms with van der Waals surface area (Å²) in [6, 6.07) is 11.1. The molecule has 1 unspecified atom stereocenters. The van der Waals surface area contributed by atoms with Gasteiger partial charge in [0.05, 0.1) is 43.2 Å². The molecular formula is C25H26FN3O4S. The normalized spacial score (nSPS) is 18.6. The molecule has 1 N–H and O–H groups in total. The van der Waals surface area contributed by atoms with Gasteiger partial charge in [0, 0.05) is 18.8 Å². The number of benzene rings is 2. The third-order valence-electron chi connectivity index (χ3n) is 6.10. The summed E-state index contributed by atoms with van der Waals surface area (Å²) in [6.07, 6.45) is 0. The van der Waals surface area contributed by atoms with Gasteiger partial charge in [-0.1, -0.05) is 24.3 Å². The van der Waals surface area contributed by atoms with Crippen molar-refractivity contribution in [2.24, 2.45) is 0 Å². The van der Waals surface area contributed by atoms with Gasteiger partial charge in [0.1, 0.15) is 5.82 Å². The number of thiocarbonyl (C=S) groups is 1. The van der Waals surface area contributed by atoms with E-state index in [4.69, 9.17) is 21.7 Å². The number of halogens is 1. The van der Waals surface area contributed by atoms with Gasteiger partial charge in [-0.05, 0) is 55.4 Å². The molecule has 34 heavy (non-hydrogen) atoms. The Morgan fingerprint density at radius 3 is 2.53 bits per heavy atom. The number of esters is 1. The van der Waals surface area contributed by atoms with Gasteiger partial charge in [-0.25, -0.2) is 9.18 Å². The van der Waals surface area contributed by atoms with Gasteiger partial charge in [-0.3, -0.25) is 9.69 Å². The number of nitrogens with zero attached hydrogens (tertiary/aromatic N) is 2. The third-order valence-corrected chi connectivity index (χ3v) is 6.40. The van der Waals surface area contributed by atoms with E-state index in [2.05, 4.69) is 5.32 Å². The molecule has 1 fully saturated rings. The van der Waals surface area contributed by atoms with Crippen LogP contribution in [0.5, 0.6) is 0 Å². The number of hydrogen-bond donors (Lipinski definition) is 1. The molecule has 0 radical (unpaired) electrons. The molecule has 2 aliphatic rings. The summed E-state index contributed by atoms with van der Waals surface area (Å²) in [5.41, 5.74) is 2.91. The van der Waals surface area contributed by atoms with E-state index < -0.39 is 12.0 Å². The van der Waals surface area contributed by atoms with Gasteiger partial charge >= 0.3 is 5.97 Å². The van der Waals surface area contributed by atoms with Crippen molar-refractivity contribution < 1.29 is 23.5 Å². The molecule has 0 saturated carbocycles. The maximum atomic E-state index is 14.4. The molecule has 1 atom stereocenters. The van der Waals surface area contributed by atoms with Crippen LogP contribution in [0.15, 0.2) is 53.7 Å². The van der Waals surface area contributed by atoms with Gasteiger partial charge in [0.25, 0.3) is 5.91 Å². The summed E-state index contributed by atoms with van der Waals surface area (Å²) in [7, 11) is 1.31. The van der Waals surface area contributed by atoms with Crippen LogP contribution in [-0.2, 0) is 14.3 Å². The maximum absolute atomic E-state index is 14.4. The zero-order valence-corrected chi connectivity index (χ0v) is 20.1. The van der Waals surface area contributed by atoms with Crippen LogP contribution in [0, 0.1) is 12.7 Å². The lowest BCUT2D eigenvalue weighted by Gasteiger charge is -2.40. The molecule has 0 spiro atoms. The number of aryl methyl sites for hydroxylation is 1. The van der Waals surface area contributed by atoms with Crippen LogP contribution >= 0.6 is 12.2 Å². The Balaban J connectivity index is 1.88. The number of morpholine rings is 1. The minimum absolute atomic E-state index is 0.196. The first-order valence-electron chi connectivity index (χ1n) is 10.9. The van der Waals surface area contributed by atoms with Crippen LogP contribution < -0.4 is 10.2 Å². The molecule has 2 aliphatic heterocycles. The first-order valence-corrected chi connectivity index (χ1v) is 11.4. The van der Waals surface area contributed by atoms with Crippen molar-refractivity contribution in [3.05, 3.63) is 76.2 Å². The largest absolute Gasteiger partial charge is 0.465 e. The number of methoxy groups -OCH3 is 1. The fourth-order valence-corrected chi connectivity index (χ4v) is 4.63. The van der Waals surface area contributed by atoms with E-state index in [-0.39, 0.29) is 11.7 Å². The minimum atomic E-state index is -0.690. The second kappa shape index (κ2) is 9.90. The first-order chi connectivity index (χ1) is 16.3. The smallest absolute Gasteiger partial charge is 0.338 e. The van der Waals surface area contributed by atoms with E-state index in [1.807, 2.05) is 0 Å². The first kappa shape index (κ1) is 23.8. The molecular weight excluding hydrogens is 457 g/mol. The quantitative estimate of drug-likeness (QED) is 0.527. The van der Waals surface area contributed by atoms with Gasteiger partial charge in [-0.2, -0.15) is 0 Å². The Labute approximate surface area is 203 Å². The zero-order valence-electron chi connectivity index (χ0n) is 19.3. The average molecular weight is 484 g/mol. The highest BCUT2D eigenvalue weighted by molar-refractivity contribution is 7.80. The van der Waals surface area contributed by atoms with Crippen LogP contribution in [0.3, 0.4) is 0 Å². The second-order valence-electron chi connectivity index (χ2n) is 8.13. The van der Waals surface area contributed by atoms with E-state index >= 15 is 0 Å². The predicted octanol–water partition coefficient (Wildman–Crippen LogP) is 3.49. The second-order valence-corrected chi connectivity index (χ2v) is 8.52. The van der Waals surface area contributed by atoms with Crippen molar-refractivity contribution in [1.82, 2.24) is 10.2 Å². The fraction of sp³-hybridized carbons (Fsp3) is 0.320. The summed E-state index contributed by atoms with van der Waals surface area (Å²) in [4.78, 5) is 29.7. The lowest BCUT2D eigenvalue weighted by Crippen LogP contribution is -2.51. The Kier molecular flexibility index (Phi) is 6.95. The molecule has 0 aromatic heterocycles. The number of carbonyl (C=O) groups excluding carboxylic acids is 2. The summed E-state index contributed by atoms with van der Waals surface area (Å²) >= 11 is 5.67. The summed E-state index contributed by atoms with van der Waals surface area (Å²) in [5.74, 6) is -1.08. The molecule has 1 amide bonds. The van der Waals surface area contributed by atoms with E-state index in [1.54, 1.807) is 60.0 Å². The van der Waals surface area contributed by atoms with Crippen molar-refractivity contribution >= 4 is 34.9 Å². The van der Waals surface area contributed by atoms with Crippen molar-refractivity contribution in [3.63, 3.8) is 0 Å². The Morgan fingerprint density at radius 1 is 1.15 bits per heavy atom. The maximum Gasteiger partial charge on any atom is 0.338 e. The summed E-state index contributed by atoms with van der Waals surface area (Å²) < 4.78 is 24.8. The summed E-state index contributed by atoms with van der Waals surface area (Å²) in [5, 5.41) is 3.52. The molecule has 2 heterocycles. The Bertz CT molecular complexity index is 1180. The van der Waals surface area contributed by atoms with E-state index in [1.165, 1.54) is 13.2 Å². The van der Waals surface area contributed by atoms with E-state index in [0.717, 1.165) is 0 Å². The van der Waals surface area contributed by atoms with E-state index in [9.17, 15) is 14.0 Å². The van der Waals surface area contributed by atoms with Crippen LogP contribution in [0.4, 0.5) is 10.1 Å². The lowest BCUT2D eigenvalue weighted by molar-refractivity contribution is -0.131. The number of anilines is 1. The van der Waals surface area contributed by atoms with Gasteiger partial charge in [0.2, 0.25) is 0 Å². The van der Waals surface area contributed by atoms with Crippen LogP contribution in [0.1, 0.15) is 34.5 Å². The number of ether oxygens (including phenoxy) is 2. The zero-order chi connectivity index (χ0) is 24.4. The van der Waals surface area contributed by atoms with E-state index in [0.29, 0.717) is 65.1 Å². The average Bonchev–Trinajstić information content (AvgIpc) is 2.85. The molecule has 1 saturated heterocycles. The van der Waals surface area contributed by atoms with Gasteiger partial charge < -0.3 is 19.7 Å². The molecule has 178 valence electrons. The highest BCUT2D eigenvalue weighted by atomic mass is 32.1. The molecule has 0 aliphatic carbocycles. The molecule has 7 nitrogen and oxygen atoms in total. The molecule has 2 aromatic rings. The standard InChI is InChI=1S/C25H26FN3O4S/c1-15-8-9-17(14-20(15)26)29-16(2)21(23(30)28-10-12-33-13-11-28)22(27-25(29)34)18-6-4-5-7-19(18)24(31)32-3/h4-9,14,22H,10-13H2,1-3H3,(H,27,34). The lowest BCUT2D eigenvalue weighted by atomic mass is 9.90. The summed E-state index contributed by atoms with van der Waals surface area (Å²) in [6.45, 7) is 5.25. The van der Waals surface area contributed by atoms with Crippen molar-refractivity contribution in [2.75, 3.05) is 38.3 Å². The number of carbonyl (C=O) groups is 2. The molecule has 2 aromatic carbocycles. The minimum Gasteiger partial charge on any atom is -0.465 e. The van der Waals surface area contributed by atoms with Crippen molar-refractivity contribution in [3.8, 4) is 0 Å². The Morgan fingerprint density at radius 2 is 1.85 bits per heavy atom. The molecule has 0 bridgehead atoms. The van der Waals surface area contributed by atoms with Crippen LogP contribution in [-0.4, -0.2) is 55.3 Å². The highest BCUT2D eigenvalue weighted by Crippen LogP contribution is 2.36. The topological polar surface area (TPSA) is 71.1 Å². The van der Waals surface area contributed by atoms with Crippen molar-refractivity contribution in [1.29, 1.82) is 0 Å².